The van der Waals surface area contributed by atoms with Crippen LogP contribution in [0, 0.1) is 0 Å². The van der Waals surface area contributed by atoms with Gasteiger partial charge in [0.2, 0.25) is 5.96 Å². The minimum Gasteiger partial charge on any atom is -0.344 e. The summed E-state index contributed by atoms with van der Waals surface area (Å²) in [6, 6.07) is 0. The monoisotopic (exact) mass is 173 g/mol. The number of nitrogens with zero attached hydrogens (tertiary/aromatic N) is 3. The number of hydrazine groups is 1. The largest absolute Gasteiger partial charge is 0.344 e. The molecule has 0 aliphatic carbocycles. The molecule has 0 aromatic carbocycles. The van der Waals surface area contributed by atoms with E-state index in [0.29, 0.717) is 5.96 Å². The van der Waals surface area contributed by atoms with Crippen molar-refractivity contribution in [2.75, 3.05) is 41.3 Å². The third-order valence-corrected chi connectivity index (χ3v) is 1.59. The molecule has 0 amide bonds. The van der Waals surface area contributed by atoms with Gasteiger partial charge in [-0.2, -0.15) is 0 Å². The number of nitrogens with two attached hydrogens (primary N) is 1. The first-order valence-electron chi connectivity index (χ1n) is 3.91. The molecule has 0 fully saturated rings. The second-order valence-electron chi connectivity index (χ2n) is 2.92. The summed E-state index contributed by atoms with van der Waals surface area (Å²) in [5.41, 5.74) is 2.53. The highest BCUT2D eigenvalue weighted by Crippen LogP contribution is 1.84. The fraction of sp³-hybridized carbons (Fsp3) is 0.857. The molecule has 0 aromatic rings. The summed E-state index contributed by atoms with van der Waals surface area (Å²) in [5, 5.41) is 0. The molecule has 0 aliphatic rings. The van der Waals surface area contributed by atoms with Gasteiger partial charge in [0.05, 0.1) is 0 Å². The number of hydrogen-bond acceptors (Lipinski definition) is 3. The van der Waals surface area contributed by atoms with Gasteiger partial charge in [-0.3, -0.25) is 10.4 Å². The van der Waals surface area contributed by atoms with E-state index in [1.165, 1.54) is 0 Å². The third-order valence-electron chi connectivity index (χ3n) is 1.59. The smallest absolute Gasteiger partial charge is 0.207 e. The van der Waals surface area contributed by atoms with E-state index in [0.717, 1.165) is 13.1 Å². The number of hydrogen-bond donors (Lipinski definition) is 2. The average molecular weight is 173 g/mol. The molecule has 0 bridgehead atoms. The average Bonchev–Trinajstić information content (AvgIpc) is 2.03. The highest BCUT2D eigenvalue weighted by Gasteiger charge is 2.02. The van der Waals surface area contributed by atoms with Crippen LogP contribution in [0.1, 0.15) is 0 Å². The lowest BCUT2D eigenvalue weighted by atomic mass is 10.5. The first kappa shape index (κ1) is 11.2. The van der Waals surface area contributed by atoms with Crippen LogP contribution in [0.3, 0.4) is 0 Å². The Kier molecular flexibility index (Phi) is 5.40. The lowest BCUT2D eigenvalue weighted by molar-refractivity contribution is 0.352. The Morgan fingerprint density at radius 3 is 2.25 bits per heavy atom. The first-order valence-corrected chi connectivity index (χ1v) is 3.91. The van der Waals surface area contributed by atoms with Crippen molar-refractivity contribution in [3.63, 3.8) is 0 Å². The Morgan fingerprint density at radius 2 is 1.92 bits per heavy atom. The molecule has 0 atom stereocenters. The van der Waals surface area contributed by atoms with E-state index >= 15 is 0 Å². The van der Waals surface area contributed by atoms with Gasteiger partial charge in [-0.25, -0.2) is 5.84 Å². The van der Waals surface area contributed by atoms with Crippen molar-refractivity contribution in [2.45, 2.75) is 0 Å². The Hall–Kier alpha value is -0.810. The van der Waals surface area contributed by atoms with Gasteiger partial charge in [0.25, 0.3) is 0 Å². The number of guanidine groups is 1. The molecule has 5 heteroatoms. The Bertz CT molecular complexity index is 143. The van der Waals surface area contributed by atoms with Gasteiger partial charge >= 0.3 is 0 Å². The van der Waals surface area contributed by atoms with Crippen LogP contribution in [-0.2, 0) is 0 Å². The van der Waals surface area contributed by atoms with Gasteiger partial charge in [-0.15, -0.1) is 0 Å². The van der Waals surface area contributed by atoms with Crippen LogP contribution in [0.5, 0.6) is 0 Å². The van der Waals surface area contributed by atoms with Crippen molar-refractivity contribution in [1.29, 1.82) is 0 Å². The zero-order valence-corrected chi connectivity index (χ0v) is 8.33. The molecular weight excluding hydrogens is 154 g/mol. The zero-order chi connectivity index (χ0) is 9.56. The topological polar surface area (TPSA) is 56.9 Å². The van der Waals surface area contributed by atoms with Crippen molar-refractivity contribution in [3.05, 3.63) is 0 Å². The van der Waals surface area contributed by atoms with E-state index in [-0.39, 0.29) is 0 Å². The molecule has 0 spiro atoms. The minimum atomic E-state index is 0.705. The number of nitrogens with one attached hydrogen (secondary N) is 1. The van der Waals surface area contributed by atoms with Gasteiger partial charge in [-0.05, 0) is 14.1 Å². The molecule has 0 unspecified atom stereocenters. The highest BCUT2D eigenvalue weighted by atomic mass is 15.4. The molecular formula is C7H19N5. The Balaban J connectivity index is 3.77. The van der Waals surface area contributed by atoms with E-state index < -0.39 is 0 Å². The zero-order valence-electron chi connectivity index (χ0n) is 8.33. The molecule has 0 aliphatic heterocycles. The second kappa shape index (κ2) is 5.79. The predicted octanol–water partition coefficient (Wildman–Crippen LogP) is -1.07. The summed E-state index contributed by atoms with van der Waals surface area (Å²) in [5.74, 6) is 5.96. The van der Waals surface area contributed by atoms with Crippen molar-refractivity contribution in [1.82, 2.24) is 15.2 Å². The summed E-state index contributed by atoms with van der Waals surface area (Å²) in [4.78, 5) is 8.06. The fourth-order valence-corrected chi connectivity index (χ4v) is 0.801. The number of aliphatic imine (C=N–C) groups is 1. The molecule has 0 rings (SSSR count). The van der Waals surface area contributed by atoms with Crippen LogP contribution >= 0.6 is 0 Å². The quantitative estimate of drug-likeness (QED) is 0.247. The van der Waals surface area contributed by atoms with Crippen LogP contribution < -0.4 is 11.3 Å². The SMILES string of the molecule is CN=C(NN)N(C)CCN(C)C. The lowest BCUT2D eigenvalue weighted by Gasteiger charge is -2.21. The second-order valence-corrected chi connectivity index (χ2v) is 2.92. The molecule has 72 valence electrons. The van der Waals surface area contributed by atoms with E-state index in [1.54, 1.807) is 7.05 Å². The maximum atomic E-state index is 5.25. The minimum absolute atomic E-state index is 0.705. The molecule has 0 radical (unpaired) electrons. The molecule has 0 saturated heterocycles. The van der Waals surface area contributed by atoms with Crippen molar-refractivity contribution in [2.24, 2.45) is 10.8 Å². The standard InChI is InChI=1S/C7H19N5/c1-9-7(10-8)12(4)6-5-11(2)3/h5-6,8H2,1-4H3,(H,9,10). The van der Waals surface area contributed by atoms with Gasteiger partial charge in [0, 0.05) is 27.2 Å². The molecule has 0 aromatic heterocycles. The van der Waals surface area contributed by atoms with Crippen LogP contribution in [0.15, 0.2) is 4.99 Å². The fourth-order valence-electron chi connectivity index (χ4n) is 0.801. The van der Waals surface area contributed by atoms with E-state index in [2.05, 4.69) is 15.3 Å². The Morgan fingerprint density at radius 1 is 1.33 bits per heavy atom. The molecule has 0 saturated carbocycles. The predicted molar refractivity (Wildman–Crippen MR) is 51.9 cm³/mol. The van der Waals surface area contributed by atoms with Gasteiger partial charge < -0.3 is 9.80 Å². The first-order chi connectivity index (χ1) is 5.61. The van der Waals surface area contributed by atoms with Crippen LogP contribution in [0.25, 0.3) is 0 Å². The van der Waals surface area contributed by atoms with Crippen molar-refractivity contribution < 1.29 is 0 Å². The summed E-state index contributed by atoms with van der Waals surface area (Å²) < 4.78 is 0. The van der Waals surface area contributed by atoms with Gasteiger partial charge in [0.1, 0.15) is 0 Å². The number of rotatable bonds is 3. The molecule has 3 N–H and O–H groups in total. The summed E-state index contributed by atoms with van der Waals surface area (Å²) in [6.45, 7) is 1.89. The number of likely N-dealkylation sites (N-methyl/N-ethyl adjacent to an activating group) is 2. The highest BCUT2D eigenvalue weighted by molar-refractivity contribution is 5.78. The third kappa shape index (κ3) is 4.15. The van der Waals surface area contributed by atoms with Crippen molar-refractivity contribution >= 4 is 5.96 Å². The van der Waals surface area contributed by atoms with Crippen molar-refractivity contribution in [3.8, 4) is 0 Å². The lowest BCUT2D eigenvalue weighted by Crippen LogP contribution is -2.44. The van der Waals surface area contributed by atoms with Gasteiger partial charge in [0.15, 0.2) is 0 Å². The normalized spacial score (nSPS) is 12.0. The maximum absolute atomic E-state index is 5.25. The van der Waals surface area contributed by atoms with Crippen LogP contribution in [-0.4, -0.2) is 57.0 Å². The van der Waals surface area contributed by atoms with E-state index in [1.807, 2.05) is 26.0 Å². The summed E-state index contributed by atoms with van der Waals surface area (Å²) >= 11 is 0. The molecule has 12 heavy (non-hydrogen) atoms. The molecule has 0 heterocycles. The van der Waals surface area contributed by atoms with Gasteiger partial charge in [-0.1, -0.05) is 0 Å². The molecule has 5 nitrogen and oxygen atoms in total. The summed E-state index contributed by atoms with van der Waals surface area (Å²) in [7, 11) is 7.73. The van der Waals surface area contributed by atoms with E-state index in [9.17, 15) is 0 Å². The van der Waals surface area contributed by atoms with Crippen LogP contribution in [0.2, 0.25) is 0 Å². The maximum Gasteiger partial charge on any atom is 0.207 e. The Labute approximate surface area is 74.2 Å². The van der Waals surface area contributed by atoms with E-state index in [4.69, 9.17) is 5.84 Å². The van der Waals surface area contributed by atoms with Crippen LogP contribution in [0.4, 0.5) is 0 Å². The summed E-state index contributed by atoms with van der Waals surface area (Å²) in [6.07, 6.45) is 0.